The van der Waals surface area contributed by atoms with E-state index in [4.69, 9.17) is 4.74 Å². The van der Waals surface area contributed by atoms with Gasteiger partial charge in [-0.25, -0.2) is 0 Å². The maximum Gasteiger partial charge on any atom is 0.161 e. The van der Waals surface area contributed by atoms with Crippen LogP contribution in [0.2, 0.25) is 0 Å². The molecule has 2 unspecified atom stereocenters. The molecule has 2 nitrogen and oxygen atoms in total. The molecule has 1 rings (SSSR count). The first kappa shape index (κ1) is 11.7. The average Bonchev–Trinajstić information content (AvgIpc) is 2.14. The minimum Gasteiger partial charge on any atom is -0.367 e. The van der Waals surface area contributed by atoms with Crippen LogP contribution in [-0.4, -0.2) is 18.0 Å². The highest BCUT2D eigenvalue weighted by Gasteiger charge is 2.39. The van der Waals surface area contributed by atoms with Crippen LogP contribution in [0.4, 0.5) is 0 Å². The molecule has 0 N–H and O–H groups in total. The van der Waals surface area contributed by atoms with Crippen LogP contribution >= 0.6 is 0 Å². The minimum absolute atomic E-state index is 0.220. The van der Waals surface area contributed by atoms with Gasteiger partial charge in [-0.05, 0) is 38.5 Å². The topological polar surface area (TPSA) is 26.3 Å². The van der Waals surface area contributed by atoms with Crippen molar-refractivity contribution in [1.82, 2.24) is 0 Å². The largest absolute Gasteiger partial charge is 0.367 e. The van der Waals surface area contributed by atoms with E-state index in [-0.39, 0.29) is 5.78 Å². The Bertz CT molecular complexity index is 200. The number of carbonyl (C=O) groups is 1. The Hall–Kier alpha value is -0.370. The number of hydrogen-bond acceptors (Lipinski definition) is 2. The molecule has 0 aromatic heterocycles. The Labute approximate surface area is 87.0 Å². The molecule has 14 heavy (non-hydrogen) atoms. The number of hydrogen-bond donors (Lipinski definition) is 0. The van der Waals surface area contributed by atoms with E-state index in [1.807, 2.05) is 0 Å². The van der Waals surface area contributed by atoms with Crippen molar-refractivity contribution >= 4 is 5.78 Å². The Kier molecular flexibility index (Phi) is 4.11. The monoisotopic (exact) mass is 198 g/mol. The summed E-state index contributed by atoms with van der Waals surface area (Å²) in [6.45, 7) is 6.69. The van der Waals surface area contributed by atoms with Crippen LogP contribution in [0.3, 0.4) is 0 Å². The van der Waals surface area contributed by atoms with E-state index in [1.54, 1.807) is 6.92 Å². The van der Waals surface area contributed by atoms with Gasteiger partial charge in [-0.3, -0.25) is 4.79 Å². The number of carbonyl (C=O) groups excluding carboxylic acids is 1. The second kappa shape index (κ2) is 4.92. The van der Waals surface area contributed by atoms with E-state index in [0.717, 1.165) is 25.7 Å². The van der Waals surface area contributed by atoms with Crippen LogP contribution in [0.5, 0.6) is 0 Å². The van der Waals surface area contributed by atoms with E-state index in [2.05, 4.69) is 13.8 Å². The number of ketones is 1. The molecule has 0 aromatic carbocycles. The minimum atomic E-state index is -0.437. The normalized spacial score (nSPS) is 32.9. The predicted molar refractivity (Wildman–Crippen MR) is 57.3 cm³/mol. The van der Waals surface area contributed by atoms with Crippen LogP contribution in [-0.2, 0) is 9.53 Å². The van der Waals surface area contributed by atoms with E-state index < -0.39 is 5.60 Å². The average molecular weight is 198 g/mol. The zero-order valence-corrected chi connectivity index (χ0v) is 9.64. The molecule has 2 atom stereocenters. The van der Waals surface area contributed by atoms with Crippen molar-refractivity contribution in [3.05, 3.63) is 0 Å². The fourth-order valence-electron chi connectivity index (χ4n) is 2.35. The Morgan fingerprint density at radius 3 is 2.79 bits per heavy atom. The first-order chi connectivity index (χ1) is 6.60. The van der Waals surface area contributed by atoms with Crippen molar-refractivity contribution in [3.63, 3.8) is 0 Å². The smallest absolute Gasteiger partial charge is 0.161 e. The van der Waals surface area contributed by atoms with Gasteiger partial charge in [-0.1, -0.05) is 20.3 Å². The van der Waals surface area contributed by atoms with Gasteiger partial charge in [-0.2, -0.15) is 0 Å². The van der Waals surface area contributed by atoms with Gasteiger partial charge in [0, 0.05) is 6.61 Å². The Balaban J connectivity index is 2.65. The van der Waals surface area contributed by atoms with Crippen LogP contribution in [0.15, 0.2) is 0 Å². The van der Waals surface area contributed by atoms with E-state index in [9.17, 15) is 4.79 Å². The second-order valence-electron chi connectivity index (χ2n) is 4.60. The molecule has 1 aliphatic carbocycles. The summed E-state index contributed by atoms with van der Waals surface area (Å²) in [4.78, 5) is 11.6. The highest BCUT2D eigenvalue weighted by atomic mass is 16.5. The quantitative estimate of drug-likeness (QED) is 0.694. The summed E-state index contributed by atoms with van der Waals surface area (Å²) in [5.74, 6) is 0.849. The van der Waals surface area contributed by atoms with Gasteiger partial charge in [0.25, 0.3) is 0 Å². The molecule has 0 bridgehead atoms. The second-order valence-corrected chi connectivity index (χ2v) is 4.60. The SMILES string of the molecule is CCCOC1(C(C)=O)CCCC(C)C1. The molecule has 1 saturated carbocycles. The van der Waals surface area contributed by atoms with Crippen molar-refractivity contribution < 1.29 is 9.53 Å². The summed E-state index contributed by atoms with van der Waals surface area (Å²) < 4.78 is 5.80. The van der Waals surface area contributed by atoms with Gasteiger partial charge in [0.2, 0.25) is 0 Å². The summed E-state index contributed by atoms with van der Waals surface area (Å²) in [6, 6.07) is 0. The van der Waals surface area contributed by atoms with Gasteiger partial charge in [0.05, 0.1) is 0 Å². The fraction of sp³-hybridized carbons (Fsp3) is 0.917. The lowest BCUT2D eigenvalue weighted by molar-refractivity contribution is -0.149. The van der Waals surface area contributed by atoms with Crippen molar-refractivity contribution in [2.45, 2.75) is 58.5 Å². The summed E-state index contributed by atoms with van der Waals surface area (Å²) in [7, 11) is 0. The van der Waals surface area contributed by atoms with Crippen LogP contribution < -0.4 is 0 Å². The molecule has 0 spiro atoms. The molecule has 0 saturated heterocycles. The van der Waals surface area contributed by atoms with E-state index >= 15 is 0 Å². The molecule has 0 aromatic rings. The molecule has 1 aliphatic rings. The lowest BCUT2D eigenvalue weighted by Gasteiger charge is -2.37. The standard InChI is InChI=1S/C12H22O2/c1-4-8-14-12(11(3)13)7-5-6-10(2)9-12/h10H,4-9H2,1-3H3. The third-order valence-corrected chi connectivity index (χ3v) is 3.18. The maximum atomic E-state index is 11.6. The summed E-state index contributed by atoms with van der Waals surface area (Å²) in [5.41, 5.74) is -0.437. The van der Waals surface area contributed by atoms with Crippen LogP contribution in [0.1, 0.15) is 52.9 Å². The molecule has 2 heteroatoms. The van der Waals surface area contributed by atoms with Crippen molar-refractivity contribution in [2.75, 3.05) is 6.61 Å². The summed E-state index contributed by atoms with van der Waals surface area (Å²) >= 11 is 0. The van der Waals surface area contributed by atoms with Gasteiger partial charge >= 0.3 is 0 Å². The molecule has 0 amide bonds. The van der Waals surface area contributed by atoms with Crippen LogP contribution in [0, 0.1) is 5.92 Å². The maximum absolute atomic E-state index is 11.6. The molecule has 0 radical (unpaired) electrons. The highest BCUT2D eigenvalue weighted by Crippen LogP contribution is 2.35. The molecule has 0 aliphatic heterocycles. The number of rotatable bonds is 4. The van der Waals surface area contributed by atoms with E-state index in [0.29, 0.717) is 12.5 Å². The third-order valence-electron chi connectivity index (χ3n) is 3.18. The van der Waals surface area contributed by atoms with Crippen molar-refractivity contribution in [2.24, 2.45) is 5.92 Å². The Morgan fingerprint density at radius 1 is 1.57 bits per heavy atom. The number of ether oxygens (including phenoxy) is 1. The van der Waals surface area contributed by atoms with Gasteiger partial charge in [-0.15, -0.1) is 0 Å². The van der Waals surface area contributed by atoms with Gasteiger partial charge in [0.15, 0.2) is 5.78 Å². The molecular formula is C12H22O2. The summed E-state index contributed by atoms with van der Waals surface area (Å²) in [5, 5.41) is 0. The summed E-state index contributed by atoms with van der Waals surface area (Å²) in [6.07, 6.45) is 5.20. The van der Waals surface area contributed by atoms with Gasteiger partial charge in [0.1, 0.15) is 5.60 Å². The van der Waals surface area contributed by atoms with E-state index in [1.165, 1.54) is 6.42 Å². The molecule has 1 fully saturated rings. The molecular weight excluding hydrogens is 176 g/mol. The van der Waals surface area contributed by atoms with Crippen LogP contribution in [0.25, 0.3) is 0 Å². The molecule has 82 valence electrons. The lowest BCUT2D eigenvalue weighted by atomic mass is 9.76. The Morgan fingerprint density at radius 2 is 2.29 bits per heavy atom. The highest BCUT2D eigenvalue weighted by molar-refractivity contribution is 5.85. The predicted octanol–water partition coefficient (Wildman–Crippen LogP) is 2.95. The van der Waals surface area contributed by atoms with Crippen molar-refractivity contribution in [3.8, 4) is 0 Å². The first-order valence-electron chi connectivity index (χ1n) is 5.75. The zero-order chi connectivity index (χ0) is 10.6. The lowest BCUT2D eigenvalue weighted by Crippen LogP contribution is -2.44. The number of Topliss-reactive ketones (excluding diaryl/α,β-unsaturated/α-hetero) is 1. The van der Waals surface area contributed by atoms with Gasteiger partial charge < -0.3 is 4.74 Å². The zero-order valence-electron chi connectivity index (χ0n) is 9.64. The first-order valence-corrected chi connectivity index (χ1v) is 5.75. The third kappa shape index (κ3) is 2.57. The molecule has 0 heterocycles. The fourth-order valence-corrected chi connectivity index (χ4v) is 2.35. The van der Waals surface area contributed by atoms with Crippen molar-refractivity contribution in [1.29, 1.82) is 0 Å².